The normalized spacial score (nSPS) is 13.9. The largest absolute Gasteiger partial charge is 0.321 e. The maximum absolute atomic E-state index is 12.6. The Morgan fingerprint density at radius 1 is 1.00 bits per heavy atom. The molecule has 7 heteroatoms. The molecule has 1 aliphatic heterocycles. The minimum atomic E-state index is -0.0898. The van der Waals surface area contributed by atoms with E-state index in [1.165, 1.54) is 4.88 Å². The first-order valence-corrected chi connectivity index (χ1v) is 10.3. The van der Waals surface area contributed by atoms with Crippen molar-refractivity contribution in [2.45, 2.75) is 6.04 Å². The topological polar surface area (TPSA) is 63.1 Å². The first-order valence-electron chi connectivity index (χ1n) is 9.43. The number of carbonyl (C=O) groups excluding carboxylic acids is 1. The summed E-state index contributed by atoms with van der Waals surface area (Å²) in [4.78, 5) is 15.5. The van der Waals surface area contributed by atoms with Gasteiger partial charge in [0.1, 0.15) is 5.69 Å². The van der Waals surface area contributed by atoms with Crippen LogP contribution in [-0.2, 0) is 0 Å². The summed E-state index contributed by atoms with van der Waals surface area (Å²) in [6, 6.07) is 22.1. The number of nitrogens with one attached hydrogen (secondary N) is 1. The highest BCUT2D eigenvalue weighted by atomic mass is 32.1. The van der Waals surface area contributed by atoms with E-state index in [0.29, 0.717) is 13.1 Å². The minimum Gasteiger partial charge on any atom is -0.320 e. The summed E-state index contributed by atoms with van der Waals surface area (Å²) in [5, 5.41) is 13.5. The average molecular weight is 401 g/mol. The van der Waals surface area contributed by atoms with Crippen LogP contribution in [0.25, 0.3) is 21.7 Å². The Labute approximate surface area is 172 Å². The first kappa shape index (κ1) is 17.6. The molecule has 0 aliphatic carbocycles. The van der Waals surface area contributed by atoms with E-state index >= 15 is 0 Å². The third kappa shape index (κ3) is 3.64. The van der Waals surface area contributed by atoms with Crippen molar-refractivity contribution in [1.82, 2.24) is 19.9 Å². The lowest BCUT2D eigenvalue weighted by Crippen LogP contribution is -2.52. The molecule has 0 saturated carbocycles. The van der Waals surface area contributed by atoms with E-state index in [0.717, 1.165) is 22.5 Å². The van der Waals surface area contributed by atoms with E-state index < -0.39 is 0 Å². The number of hydrogen-bond acceptors (Lipinski definition) is 4. The summed E-state index contributed by atoms with van der Waals surface area (Å²) in [6.45, 7) is 1.24. The van der Waals surface area contributed by atoms with E-state index in [1.54, 1.807) is 16.2 Å². The summed E-state index contributed by atoms with van der Waals surface area (Å²) < 4.78 is 1.85. The molecule has 1 fully saturated rings. The second kappa shape index (κ2) is 7.52. The second-order valence-electron chi connectivity index (χ2n) is 7.00. The van der Waals surface area contributed by atoms with Gasteiger partial charge in [0.2, 0.25) is 0 Å². The first-order chi connectivity index (χ1) is 14.3. The summed E-state index contributed by atoms with van der Waals surface area (Å²) in [7, 11) is 0. The van der Waals surface area contributed by atoms with Gasteiger partial charge in [-0.15, -0.1) is 16.4 Å². The number of aromatic nitrogens is 3. The molecule has 5 rings (SSSR count). The number of thiophene rings is 1. The van der Waals surface area contributed by atoms with Gasteiger partial charge in [-0.05, 0) is 29.1 Å². The quantitative estimate of drug-likeness (QED) is 0.536. The number of rotatable bonds is 4. The molecule has 29 heavy (non-hydrogen) atoms. The fraction of sp³-hybridized carbons (Fsp3) is 0.136. The molecule has 0 unspecified atom stereocenters. The molecule has 2 aromatic heterocycles. The summed E-state index contributed by atoms with van der Waals surface area (Å²) in [5.41, 5.74) is 3.80. The van der Waals surface area contributed by atoms with Gasteiger partial charge >= 0.3 is 6.03 Å². The molecule has 1 aliphatic rings. The Bertz CT molecular complexity index is 1120. The number of benzene rings is 2. The number of nitrogens with zero attached hydrogens (tertiary/aromatic N) is 4. The van der Waals surface area contributed by atoms with Crippen molar-refractivity contribution in [1.29, 1.82) is 0 Å². The number of anilines is 1. The van der Waals surface area contributed by atoms with Gasteiger partial charge in [0, 0.05) is 29.2 Å². The lowest BCUT2D eigenvalue weighted by atomic mass is 10.1. The van der Waals surface area contributed by atoms with Gasteiger partial charge in [-0.2, -0.15) is 0 Å². The van der Waals surface area contributed by atoms with Crippen molar-refractivity contribution < 1.29 is 4.79 Å². The Kier molecular flexibility index (Phi) is 4.57. The SMILES string of the molecule is O=C(Nc1cccc(-c2cccs2)c1)N1CC(n2cc(-c3ccccc3)nn2)C1. The Hall–Kier alpha value is -3.45. The molecule has 6 nitrogen and oxygen atoms in total. The smallest absolute Gasteiger partial charge is 0.320 e. The van der Waals surface area contributed by atoms with Crippen LogP contribution >= 0.6 is 11.3 Å². The van der Waals surface area contributed by atoms with E-state index in [9.17, 15) is 4.79 Å². The Morgan fingerprint density at radius 2 is 1.83 bits per heavy atom. The maximum Gasteiger partial charge on any atom is 0.321 e. The average Bonchev–Trinajstić information content (AvgIpc) is 3.40. The van der Waals surface area contributed by atoms with Crippen LogP contribution in [0, 0.1) is 0 Å². The Balaban J connectivity index is 1.20. The molecule has 0 radical (unpaired) electrons. The monoisotopic (exact) mass is 401 g/mol. The number of hydrogen-bond donors (Lipinski definition) is 1. The van der Waals surface area contributed by atoms with E-state index in [2.05, 4.69) is 27.8 Å². The number of carbonyl (C=O) groups is 1. The predicted octanol–water partition coefficient (Wildman–Crippen LogP) is 4.76. The fourth-order valence-electron chi connectivity index (χ4n) is 3.38. The fourth-order valence-corrected chi connectivity index (χ4v) is 4.10. The van der Waals surface area contributed by atoms with Crippen molar-refractivity contribution in [3.05, 3.63) is 78.3 Å². The molecule has 4 aromatic rings. The third-order valence-electron chi connectivity index (χ3n) is 5.02. The molecule has 144 valence electrons. The zero-order valence-corrected chi connectivity index (χ0v) is 16.4. The maximum atomic E-state index is 12.6. The van der Waals surface area contributed by atoms with Crippen LogP contribution < -0.4 is 5.32 Å². The Morgan fingerprint density at radius 3 is 2.62 bits per heavy atom. The van der Waals surface area contributed by atoms with E-state index in [-0.39, 0.29) is 12.1 Å². The molecular formula is C22H19N5OS. The number of amides is 2. The minimum absolute atomic E-state index is 0.0898. The highest BCUT2D eigenvalue weighted by Crippen LogP contribution is 2.28. The third-order valence-corrected chi connectivity index (χ3v) is 5.94. The highest BCUT2D eigenvalue weighted by molar-refractivity contribution is 7.13. The van der Waals surface area contributed by atoms with Crippen molar-refractivity contribution >= 4 is 23.1 Å². The molecular weight excluding hydrogens is 382 g/mol. The number of urea groups is 1. The molecule has 1 N–H and O–H groups in total. The standard InChI is InChI=1S/C22H19N5OS/c28-22(23-18-9-4-8-17(12-18)21-10-5-11-29-21)26-13-19(14-26)27-15-20(24-25-27)16-6-2-1-3-7-16/h1-12,15,19H,13-14H2,(H,23,28). The molecule has 3 heterocycles. The van der Waals surface area contributed by atoms with Crippen LogP contribution in [0.2, 0.25) is 0 Å². The zero-order valence-electron chi connectivity index (χ0n) is 15.6. The number of likely N-dealkylation sites (tertiary alicyclic amines) is 1. The lowest BCUT2D eigenvalue weighted by molar-refractivity contribution is 0.127. The molecule has 2 amide bonds. The molecule has 2 aromatic carbocycles. The van der Waals surface area contributed by atoms with Gasteiger partial charge in [-0.25, -0.2) is 9.48 Å². The van der Waals surface area contributed by atoms with Gasteiger partial charge in [-0.3, -0.25) is 0 Å². The molecule has 0 bridgehead atoms. The van der Waals surface area contributed by atoms with Crippen molar-refractivity contribution in [3.8, 4) is 21.7 Å². The van der Waals surface area contributed by atoms with Gasteiger partial charge in [0.15, 0.2) is 0 Å². The molecule has 1 saturated heterocycles. The van der Waals surface area contributed by atoms with Crippen molar-refractivity contribution in [3.63, 3.8) is 0 Å². The van der Waals surface area contributed by atoms with Crippen LogP contribution in [-0.4, -0.2) is 39.0 Å². The van der Waals surface area contributed by atoms with Crippen LogP contribution in [0.4, 0.5) is 10.5 Å². The molecule has 0 spiro atoms. The predicted molar refractivity (Wildman–Crippen MR) is 115 cm³/mol. The van der Waals surface area contributed by atoms with Crippen molar-refractivity contribution in [2.75, 3.05) is 18.4 Å². The van der Waals surface area contributed by atoms with Gasteiger partial charge in [-0.1, -0.05) is 53.7 Å². The zero-order chi connectivity index (χ0) is 19.6. The highest BCUT2D eigenvalue weighted by Gasteiger charge is 2.33. The summed E-state index contributed by atoms with van der Waals surface area (Å²) in [5.74, 6) is 0. The van der Waals surface area contributed by atoms with Gasteiger partial charge in [0.05, 0.1) is 12.2 Å². The van der Waals surface area contributed by atoms with Crippen LogP contribution in [0.15, 0.2) is 78.3 Å². The van der Waals surface area contributed by atoms with Crippen LogP contribution in [0.1, 0.15) is 6.04 Å². The summed E-state index contributed by atoms with van der Waals surface area (Å²) in [6.07, 6.45) is 1.94. The summed E-state index contributed by atoms with van der Waals surface area (Å²) >= 11 is 1.69. The van der Waals surface area contributed by atoms with Crippen LogP contribution in [0.3, 0.4) is 0 Å². The van der Waals surface area contributed by atoms with Gasteiger partial charge < -0.3 is 10.2 Å². The van der Waals surface area contributed by atoms with Gasteiger partial charge in [0.25, 0.3) is 0 Å². The van der Waals surface area contributed by atoms with Crippen molar-refractivity contribution in [2.24, 2.45) is 0 Å². The van der Waals surface area contributed by atoms with Crippen LogP contribution in [0.5, 0.6) is 0 Å². The van der Waals surface area contributed by atoms with E-state index in [4.69, 9.17) is 0 Å². The second-order valence-corrected chi connectivity index (χ2v) is 7.94. The van der Waals surface area contributed by atoms with E-state index in [1.807, 2.05) is 70.9 Å². The lowest BCUT2D eigenvalue weighted by Gasteiger charge is -2.38. The molecule has 0 atom stereocenters.